The Morgan fingerprint density at radius 1 is 1.31 bits per heavy atom. The summed E-state index contributed by atoms with van der Waals surface area (Å²) in [6.45, 7) is 0. The standard InChI is InChI=1S/C11H14N4O/c1-15-10(13-11(12)14-15)7-8-3-5-9(16-2)6-4-8/h3-6H,7H2,1-2H3,(H2,12,14). The molecule has 0 unspecified atom stereocenters. The summed E-state index contributed by atoms with van der Waals surface area (Å²) < 4.78 is 6.79. The van der Waals surface area contributed by atoms with Crippen LogP contribution in [-0.2, 0) is 13.5 Å². The number of rotatable bonds is 3. The molecule has 2 aromatic rings. The Morgan fingerprint density at radius 2 is 2.00 bits per heavy atom. The average Bonchev–Trinajstić information content (AvgIpc) is 2.59. The molecule has 0 atom stereocenters. The molecule has 0 spiro atoms. The van der Waals surface area contributed by atoms with E-state index in [1.807, 2.05) is 31.3 Å². The summed E-state index contributed by atoms with van der Waals surface area (Å²) in [6, 6.07) is 7.86. The first kappa shape index (κ1) is 10.5. The van der Waals surface area contributed by atoms with Crippen LogP contribution in [0.5, 0.6) is 5.75 Å². The first-order valence-electron chi connectivity index (χ1n) is 4.97. The van der Waals surface area contributed by atoms with Crippen LogP contribution < -0.4 is 10.5 Å². The highest BCUT2D eigenvalue weighted by molar-refractivity contribution is 5.29. The van der Waals surface area contributed by atoms with Crippen molar-refractivity contribution in [2.45, 2.75) is 6.42 Å². The Kier molecular flexibility index (Phi) is 2.76. The zero-order valence-electron chi connectivity index (χ0n) is 9.34. The van der Waals surface area contributed by atoms with Crippen molar-refractivity contribution in [2.24, 2.45) is 7.05 Å². The second-order valence-electron chi connectivity index (χ2n) is 3.53. The van der Waals surface area contributed by atoms with Crippen LogP contribution in [0.2, 0.25) is 0 Å². The number of nitrogens with zero attached hydrogens (tertiary/aromatic N) is 3. The monoisotopic (exact) mass is 218 g/mol. The van der Waals surface area contributed by atoms with E-state index in [1.54, 1.807) is 11.8 Å². The van der Waals surface area contributed by atoms with E-state index in [1.165, 1.54) is 0 Å². The van der Waals surface area contributed by atoms with E-state index in [9.17, 15) is 0 Å². The molecule has 0 aliphatic heterocycles. The molecule has 16 heavy (non-hydrogen) atoms. The van der Waals surface area contributed by atoms with Crippen LogP contribution in [0.1, 0.15) is 11.4 Å². The molecule has 2 rings (SSSR count). The van der Waals surface area contributed by atoms with Gasteiger partial charge in [-0.1, -0.05) is 12.1 Å². The normalized spacial score (nSPS) is 10.4. The molecule has 0 amide bonds. The van der Waals surface area contributed by atoms with Crippen molar-refractivity contribution in [3.63, 3.8) is 0 Å². The maximum absolute atomic E-state index is 5.52. The number of nitrogens with two attached hydrogens (primary N) is 1. The van der Waals surface area contributed by atoms with Crippen LogP contribution in [0.4, 0.5) is 5.95 Å². The summed E-state index contributed by atoms with van der Waals surface area (Å²) in [5.41, 5.74) is 6.67. The van der Waals surface area contributed by atoms with Crippen molar-refractivity contribution in [3.05, 3.63) is 35.7 Å². The van der Waals surface area contributed by atoms with Gasteiger partial charge in [0.25, 0.3) is 0 Å². The lowest BCUT2D eigenvalue weighted by Crippen LogP contribution is -2.00. The van der Waals surface area contributed by atoms with E-state index in [-0.39, 0.29) is 0 Å². The number of ether oxygens (including phenoxy) is 1. The average molecular weight is 218 g/mol. The third-order valence-corrected chi connectivity index (χ3v) is 2.39. The Labute approximate surface area is 93.9 Å². The lowest BCUT2D eigenvalue weighted by Gasteiger charge is -2.02. The summed E-state index contributed by atoms with van der Waals surface area (Å²) in [6.07, 6.45) is 0.713. The molecule has 0 aliphatic rings. The van der Waals surface area contributed by atoms with Crippen molar-refractivity contribution in [1.29, 1.82) is 0 Å². The lowest BCUT2D eigenvalue weighted by molar-refractivity contribution is 0.414. The number of nitrogen functional groups attached to an aromatic ring is 1. The summed E-state index contributed by atoms with van der Waals surface area (Å²) in [5.74, 6) is 2.01. The number of aryl methyl sites for hydroxylation is 1. The number of aromatic nitrogens is 3. The molecular formula is C11H14N4O. The zero-order chi connectivity index (χ0) is 11.5. The SMILES string of the molecule is COc1ccc(Cc2nc(N)nn2C)cc1. The van der Waals surface area contributed by atoms with Crippen LogP contribution in [-0.4, -0.2) is 21.9 Å². The Morgan fingerprint density at radius 3 is 2.50 bits per heavy atom. The molecule has 5 nitrogen and oxygen atoms in total. The molecule has 0 fully saturated rings. The van der Waals surface area contributed by atoms with Crippen molar-refractivity contribution >= 4 is 5.95 Å². The van der Waals surface area contributed by atoms with E-state index >= 15 is 0 Å². The lowest BCUT2D eigenvalue weighted by atomic mass is 10.1. The first-order valence-corrected chi connectivity index (χ1v) is 4.97. The molecule has 2 N–H and O–H groups in total. The Hall–Kier alpha value is -2.04. The molecule has 1 heterocycles. The Bertz CT molecular complexity index is 475. The van der Waals surface area contributed by atoms with Gasteiger partial charge in [0.2, 0.25) is 5.95 Å². The molecule has 84 valence electrons. The minimum absolute atomic E-state index is 0.311. The maximum Gasteiger partial charge on any atom is 0.239 e. The van der Waals surface area contributed by atoms with E-state index < -0.39 is 0 Å². The van der Waals surface area contributed by atoms with E-state index in [2.05, 4.69) is 10.1 Å². The first-order chi connectivity index (χ1) is 7.69. The van der Waals surface area contributed by atoms with E-state index in [0.717, 1.165) is 17.1 Å². The minimum atomic E-state index is 0.311. The second kappa shape index (κ2) is 4.22. The summed E-state index contributed by atoms with van der Waals surface area (Å²) in [5, 5.41) is 4.00. The number of hydrogen-bond acceptors (Lipinski definition) is 4. The van der Waals surface area contributed by atoms with Crippen molar-refractivity contribution in [2.75, 3.05) is 12.8 Å². The smallest absolute Gasteiger partial charge is 0.239 e. The van der Waals surface area contributed by atoms with Gasteiger partial charge < -0.3 is 10.5 Å². The highest BCUT2D eigenvalue weighted by Crippen LogP contribution is 2.14. The summed E-state index contributed by atoms with van der Waals surface area (Å²) >= 11 is 0. The fourth-order valence-electron chi connectivity index (χ4n) is 1.52. The molecule has 1 aromatic carbocycles. The molecule has 1 aromatic heterocycles. The van der Waals surface area contributed by atoms with Gasteiger partial charge in [0.1, 0.15) is 11.6 Å². The van der Waals surface area contributed by atoms with E-state index in [4.69, 9.17) is 10.5 Å². The molecular weight excluding hydrogens is 204 g/mol. The van der Waals surface area contributed by atoms with Gasteiger partial charge in [-0.15, -0.1) is 5.10 Å². The highest BCUT2D eigenvalue weighted by Gasteiger charge is 2.05. The van der Waals surface area contributed by atoms with Gasteiger partial charge in [-0.3, -0.25) is 4.68 Å². The minimum Gasteiger partial charge on any atom is -0.497 e. The molecule has 0 saturated heterocycles. The summed E-state index contributed by atoms with van der Waals surface area (Å²) in [7, 11) is 3.49. The van der Waals surface area contributed by atoms with Crippen LogP contribution >= 0.6 is 0 Å². The molecule has 0 bridgehead atoms. The second-order valence-corrected chi connectivity index (χ2v) is 3.53. The van der Waals surface area contributed by atoms with Crippen LogP contribution in [0.3, 0.4) is 0 Å². The summed E-state index contributed by atoms with van der Waals surface area (Å²) in [4.78, 5) is 4.15. The number of benzene rings is 1. The van der Waals surface area contributed by atoms with Gasteiger partial charge >= 0.3 is 0 Å². The predicted molar refractivity (Wildman–Crippen MR) is 61.2 cm³/mol. The predicted octanol–water partition coefficient (Wildman–Crippen LogP) is 0.997. The quantitative estimate of drug-likeness (QED) is 0.834. The van der Waals surface area contributed by atoms with Crippen LogP contribution in [0, 0.1) is 0 Å². The van der Waals surface area contributed by atoms with Crippen LogP contribution in [0.15, 0.2) is 24.3 Å². The zero-order valence-corrected chi connectivity index (χ0v) is 9.34. The topological polar surface area (TPSA) is 66.0 Å². The van der Waals surface area contributed by atoms with Gasteiger partial charge in [0, 0.05) is 13.5 Å². The van der Waals surface area contributed by atoms with Crippen molar-refractivity contribution < 1.29 is 4.74 Å². The van der Waals surface area contributed by atoms with Gasteiger partial charge in [-0.25, -0.2) is 0 Å². The largest absolute Gasteiger partial charge is 0.497 e. The van der Waals surface area contributed by atoms with Crippen LogP contribution in [0.25, 0.3) is 0 Å². The highest BCUT2D eigenvalue weighted by atomic mass is 16.5. The van der Waals surface area contributed by atoms with Crippen molar-refractivity contribution in [3.8, 4) is 5.75 Å². The maximum atomic E-state index is 5.52. The van der Waals surface area contributed by atoms with Crippen molar-refractivity contribution in [1.82, 2.24) is 14.8 Å². The number of hydrogen-bond donors (Lipinski definition) is 1. The third-order valence-electron chi connectivity index (χ3n) is 2.39. The molecule has 0 aliphatic carbocycles. The third kappa shape index (κ3) is 2.13. The van der Waals surface area contributed by atoms with Gasteiger partial charge in [-0.05, 0) is 17.7 Å². The fraction of sp³-hybridized carbons (Fsp3) is 0.273. The fourth-order valence-corrected chi connectivity index (χ4v) is 1.52. The van der Waals surface area contributed by atoms with E-state index in [0.29, 0.717) is 12.4 Å². The number of methoxy groups -OCH3 is 1. The molecule has 0 saturated carbocycles. The van der Waals surface area contributed by atoms with Gasteiger partial charge in [0.05, 0.1) is 7.11 Å². The molecule has 0 radical (unpaired) electrons. The molecule has 5 heteroatoms. The van der Waals surface area contributed by atoms with Gasteiger partial charge in [0.15, 0.2) is 0 Å². The Balaban J connectivity index is 2.17. The van der Waals surface area contributed by atoms with Gasteiger partial charge in [-0.2, -0.15) is 4.98 Å². The number of anilines is 1.